The van der Waals surface area contributed by atoms with E-state index < -0.39 is 12.1 Å². The smallest absolute Gasteiger partial charge is 0.338 e. The van der Waals surface area contributed by atoms with Crippen molar-refractivity contribution in [1.82, 2.24) is 4.90 Å². The molecule has 5 nitrogen and oxygen atoms in total. The molecule has 0 radical (unpaired) electrons. The molecule has 0 unspecified atom stereocenters. The quantitative estimate of drug-likeness (QED) is 0.751. The van der Waals surface area contributed by atoms with Crippen molar-refractivity contribution in [3.8, 4) is 6.07 Å². The highest BCUT2D eigenvalue weighted by molar-refractivity contribution is 5.92. The predicted molar refractivity (Wildman–Crippen MR) is 64.7 cm³/mol. The third kappa shape index (κ3) is 3.32. The number of ether oxygens (including phenoxy) is 1. The average Bonchev–Trinajstić information content (AvgIpc) is 2.37. The van der Waals surface area contributed by atoms with Crippen LogP contribution in [0.1, 0.15) is 22.8 Å². The van der Waals surface area contributed by atoms with E-state index in [1.54, 1.807) is 14.1 Å². The molecule has 1 aromatic rings. The van der Waals surface area contributed by atoms with Crippen molar-refractivity contribution in [3.05, 3.63) is 35.4 Å². The highest BCUT2D eigenvalue weighted by Crippen LogP contribution is 2.07. The SMILES string of the molecule is C[C@@H](OC(=O)c1ccc(C#N)cc1)C(=O)N(C)C. The zero-order valence-corrected chi connectivity index (χ0v) is 10.5. The number of hydrogen-bond acceptors (Lipinski definition) is 4. The van der Waals surface area contributed by atoms with E-state index in [0.29, 0.717) is 11.1 Å². The largest absolute Gasteiger partial charge is 0.449 e. The van der Waals surface area contributed by atoms with Crippen LogP contribution in [0.2, 0.25) is 0 Å². The first-order chi connectivity index (χ1) is 8.45. The van der Waals surface area contributed by atoms with Crippen molar-refractivity contribution < 1.29 is 14.3 Å². The van der Waals surface area contributed by atoms with Crippen molar-refractivity contribution >= 4 is 11.9 Å². The minimum absolute atomic E-state index is 0.281. The Kier molecular flexibility index (Phi) is 4.44. The Bertz CT molecular complexity index is 486. The van der Waals surface area contributed by atoms with Gasteiger partial charge in [0.15, 0.2) is 6.10 Å². The molecule has 0 spiro atoms. The lowest BCUT2D eigenvalue weighted by Crippen LogP contribution is -2.34. The Morgan fingerprint density at radius 2 is 1.83 bits per heavy atom. The topological polar surface area (TPSA) is 70.4 Å². The number of carbonyl (C=O) groups excluding carboxylic acids is 2. The molecule has 5 heteroatoms. The molecular formula is C13H14N2O3. The normalized spacial score (nSPS) is 11.2. The van der Waals surface area contributed by atoms with E-state index in [1.807, 2.05) is 6.07 Å². The van der Waals surface area contributed by atoms with Crippen molar-refractivity contribution in [1.29, 1.82) is 5.26 Å². The van der Waals surface area contributed by atoms with Crippen LogP contribution in [-0.4, -0.2) is 37.0 Å². The van der Waals surface area contributed by atoms with Crippen LogP contribution in [0, 0.1) is 11.3 Å². The van der Waals surface area contributed by atoms with Gasteiger partial charge in [-0.1, -0.05) is 0 Å². The summed E-state index contributed by atoms with van der Waals surface area (Å²) >= 11 is 0. The summed E-state index contributed by atoms with van der Waals surface area (Å²) in [5.74, 6) is -0.862. The summed E-state index contributed by atoms with van der Waals surface area (Å²) in [7, 11) is 3.18. The third-order valence-corrected chi connectivity index (χ3v) is 2.32. The summed E-state index contributed by atoms with van der Waals surface area (Å²) in [6, 6.07) is 7.99. The number of likely N-dealkylation sites (N-methyl/N-ethyl adjacent to an activating group) is 1. The maximum atomic E-state index is 11.7. The minimum atomic E-state index is -0.830. The first kappa shape index (κ1) is 13.7. The van der Waals surface area contributed by atoms with E-state index in [2.05, 4.69) is 0 Å². The lowest BCUT2D eigenvalue weighted by atomic mass is 10.1. The molecule has 0 heterocycles. The van der Waals surface area contributed by atoms with Gasteiger partial charge in [0.25, 0.3) is 5.91 Å². The Labute approximate surface area is 106 Å². The fourth-order valence-corrected chi connectivity index (χ4v) is 1.32. The van der Waals surface area contributed by atoms with Crippen molar-refractivity contribution in [2.75, 3.05) is 14.1 Å². The van der Waals surface area contributed by atoms with Crippen molar-refractivity contribution in [3.63, 3.8) is 0 Å². The second kappa shape index (κ2) is 5.82. The summed E-state index contributed by atoms with van der Waals surface area (Å²) in [5, 5.41) is 8.63. The van der Waals surface area contributed by atoms with Gasteiger partial charge in [0, 0.05) is 14.1 Å². The van der Waals surface area contributed by atoms with E-state index >= 15 is 0 Å². The summed E-state index contributed by atoms with van der Waals surface area (Å²) in [5.41, 5.74) is 0.774. The highest BCUT2D eigenvalue weighted by Gasteiger charge is 2.20. The molecule has 1 atom stereocenters. The molecule has 0 saturated carbocycles. The molecular weight excluding hydrogens is 232 g/mol. The standard InChI is InChI=1S/C13H14N2O3/c1-9(12(16)15(2)3)18-13(17)11-6-4-10(8-14)5-7-11/h4-7,9H,1-3H3/t9-/m1/s1. The molecule has 0 bridgehead atoms. The second-order valence-corrected chi connectivity index (χ2v) is 3.97. The van der Waals surface area contributed by atoms with Crippen LogP contribution in [-0.2, 0) is 9.53 Å². The Morgan fingerprint density at radius 3 is 2.28 bits per heavy atom. The Morgan fingerprint density at radius 1 is 1.28 bits per heavy atom. The Balaban J connectivity index is 2.71. The number of benzene rings is 1. The molecule has 0 N–H and O–H groups in total. The predicted octanol–water partition coefficient (Wildman–Crippen LogP) is 1.19. The van der Waals surface area contributed by atoms with Gasteiger partial charge < -0.3 is 9.64 Å². The molecule has 1 amide bonds. The second-order valence-electron chi connectivity index (χ2n) is 3.97. The minimum Gasteiger partial charge on any atom is -0.449 e. The van der Waals surface area contributed by atoms with Gasteiger partial charge in [0.2, 0.25) is 0 Å². The zero-order valence-electron chi connectivity index (χ0n) is 10.5. The van der Waals surface area contributed by atoms with Gasteiger partial charge in [-0.2, -0.15) is 5.26 Å². The highest BCUT2D eigenvalue weighted by atomic mass is 16.5. The van der Waals surface area contributed by atoms with Crippen LogP contribution in [0.5, 0.6) is 0 Å². The van der Waals surface area contributed by atoms with Gasteiger partial charge in [0.1, 0.15) is 0 Å². The van der Waals surface area contributed by atoms with Gasteiger partial charge in [-0.05, 0) is 31.2 Å². The molecule has 0 aliphatic heterocycles. The number of hydrogen-bond donors (Lipinski definition) is 0. The number of esters is 1. The van der Waals surface area contributed by atoms with Crippen LogP contribution < -0.4 is 0 Å². The molecule has 18 heavy (non-hydrogen) atoms. The van der Waals surface area contributed by atoms with E-state index in [9.17, 15) is 9.59 Å². The van der Waals surface area contributed by atoms with E-state index in [0.717, 1.165) is 0 Å². The lowest BCUT2D eigenvalue weighted by Gasteiger charge is -2.17. The van der Waals surface area contributed by atoms with Crippen LogP contribution in [0.25, 0.3) is 0 Å². The van der Waals surface area contributed by atoms with Crippen molar-refractivity contribution in [2.24, 2.45) is 0 Å². The number of nitrogens with zero attached hydrogens (tertiary/aromatic N) is 2. The van der Waals surface area contributed by atoms with Gasteiger partial charge >= 0.3 is 5.97 Å². The number of rotatable bonds is 3. The van der Waals surface area contributed by atoms with Crippen molar-refractivity contribution in [2.45, 2.75) is 13.0 Å². The summed E-state index contributed by atoms with van der Waals surface area (Å²) in [6.07, 6.45) is -0.830. The molecule has 1 rings (SSSR count). The Hall–Kier alpha value is -2.35. The molecule has 0 aromatic heterocycles. The van der Waals surface area contributed by atoms with Crippen LogP contribution >= 0.6 is 0 Å². The van der Waals surface area contributed by atoms with E-state index in [-0.39, 0.29) is 5.91 Å². The first-order valence-corrected chi connectivity index (χ1v) is 5.38. The van der Waals surface area contributed by atoms with Gasteiger partial charge in [-0.15, -0.1) is 0 Å². The molecule has 94 valence electrons. The molecule has 1 aromatic carbocycles. The fraction of sp³-hybridized carbons (Fsp3) is 0.308. The maximum Gasteiger partial charge on any atom is 0.338 e. The summed E-state index contributed by atoms with van der Waals surface area (Å²) in [6.45, 7) is 1.52. The van der Waals surface area contributed by atoms with Gasteiger partial charge in [-0.3, -0.25) is 4.79 Å². The van der Waals surface area contributed by atoms with Gasteiger partial charge in [-0.25, -0.2) is 4.79 Å². The molecule has 0 saturated heterocycles. The summed E-state index contributed by atoms with van der Waals surface area (Å²) in [4.78, 5) is 24.6. The maximum absolute atomic E-state index is 11.7. The van der Waals surface area contributed by atoms with Gasteiger partial charge in [0.05, 0.1) is 17.2 Å². The number of carbonyl (C=O) groups is 2. The lowest BCUT2D eigenvalue weighted by molar-refractivity contribution is -0.137. The van der Waals surface area contributed by atoms with Crippen LogP contribution in [0.4, 0.5) is 0 Å². The van der Waals surface area contributed by atoms with Crippen LogP contribution in [0.15, 0.2) is 24.3 Å². The zero-order chi connectivity index (χ0) is 13.7. The monoisotopic (exact) mass is 246 g/mol. The number of nitriles is 1. The average molecular weight is 246 g/mol. The van der Waals surface area contributed by atoms with Crippen LogP contribution in [0.3, 0.4) is 0 Å². The fourth-order valence-electron chi connectivity index (χ4n) is 1.32. The van der Waals surface area contributed by atoms with E-state index in [1.165, 1.54) is 36.1 Å². The molecule has 0 aliphatic rings. The molecule has 0 aliphatic carbocycles. The first-order valence-electron chi connectivity index (χ1n) is 5.38. The third-order valence-electron chi connectivity index (χ3n) is 2.32. The van der Waals surface area contributed by atoms with E-state index in [4.69, 9.17) is 10.00 Å². The molecule has 0 fully saturated rings. The number of amides is 1. The summed E-state index contributed by atoms with van der Waals surface area (Å²) < 4.78 is 5.02.